The molecule has 0 saturated carbocycles. The standard InChI is InChI=1S/C14H23N5O9/c15-4-10(22)17-7(3-9(16)21)12(25)19-8(5-20)13(26)18-6(14(27)28)1-2-11(23)24/h6-8,20H,1-5,15H2,(H2,16,21)(H,17,22)(H,18,26)(H,19,25)(H,23,24)(H,27,28). The number of rotatable bonds is 13. The van der Waals surface area contributed by atoms with Crippen molar-refractivity contribution in [2.24, 2.45) is 11.5 Å². The Hall–Kier alpha value is -3.26. The van der Waals surface area contributed by atoms with Gasteiger partial charge in [-0.15, -0.1) is 0 Å². The van der Waals surface area contributed by atoms with Gasteiger partial charge in [0.15, 0.2) is 0 Å². The molecule has 0 aliphatic heterocycles. The van der Waals surface area contributed by atoms with Crippen molar-refractivity contribution in [2.75, 3.05) is 13.2 Å². The molecule has 0 aromatic heterocycles. The molecule has 158 valence electrons. The first-order chi connectivity index (χ1) is 13.0. The van der Waals surface area contributed by atoms with Crippen molar-refractivity contribution in [3.63, 3.8) is 0 Å². The van der Waals surface area contributed by atoms with Gasteiger partial charge in [0.25, 0.3) is 0 Å². The summed E-state index contributed by atoms with van der Waals surface area (Å²) in [5.74, 6) is -6.69. The smallest absolute Gasteiger partial charge is 0.326 e. The van der Waals surface area contributed by atoms with Crippen LogP contribution in [0.5, 0.6) is 0 Å². The van der Waals surface area contributed by atoms with Gasteiger partial charge in [-0.25, -0.2) is 4.79 Å². The van der Waals surface area contributed by atoms with Gasteiger partial charge in [-0.3, -0.25) is 24.0 Å². The van der Waals surface area contributed by atoms with Crippen LogP contribution in [0, 0.1) is 0 Å². The average Bonchev–Trinajstić information content (AvgIpc) is 2.60. The molecule has 10 N–H and O–H groups in total. The number of aliphatic hydroxyl groups is 1. The largest absolute Gasteiger partial charge is 0.481 e. The van der Waals surface area contributed by atoms with Crippen LogP contribution in [-0.2, 0) is 28.8 Å². The Morgan fingerprint density at radius 1 is 0.857 bits per heavy atom. The van der Waals surface area contributed by atoms with E-state index in [1.54, 1.807) is 0 Å². The van der Waals surface area contributed by atoms with Crippen LogP contribution in [0.3, 0.4) is 0 Å². The van der Waals surface area contributed by atoms with E-state index in [-0.39, 0.29) is 0 Å². The minimum Gasteiger partial charge on any atom is -0.481 e. The van der Waals surface area contributed by atoms with Gasteiger partial charge < -0.3 is 42.7 Å². The highest BCUT2D eigenvalue weighted by Crippen LogP contribution is 2.00. The maximum absolute atomic E-state index is 12.2. The van der Waals surface area contributed by atoms with Gasteiger partial charge in [-0.1, -0.05) is 0 Å². The Labute approximate surface area is 158 Å². The van der Waals surface area contributed by atoms with Crippen molar-refractivity contribution in [2.45, 2.75) is 37.4 Å². The van der Waals surface area contributed by atoms with E-state index < -0.39 is 86.1 Å². The highest BCUT2D eigenvalue weighted by Gasteiger charge is 2.30. The molecule has 0 aliphatic carbocycles. The Morgan fingerprint density at radius 2 is 1.39 bits per heavy atom. The van der Waals surface area contributed by atoms with E-state index in [2.05, 4.69) is 5.32 Å². The molecule has 0 bridgehead atoms. The zero-order chi connectivity index (χ0) is 21.9. The summed E-state index contributed by atoms with van der Waals surface area (Å²) in [5, 5.41) is 33.0. The summed E-state index contributed by atoms with van der Waals surface area (Å²) in [5.41, 5.74) is 10.1. The lowest BCUT2D eigenvalue weighted by Gasteiger charge is -2.22. The van der Waals surface area contributed by atoms with Crippen molar-refractivity contribution < 1.29 is 44.1 Å². The van der Waals surface area contributed by atoms with Crippen LogP contribution in [-0.4, -0.2) is 82.2 Å². The number of hydrogen-bond acceptors (Lipinski definition) is 8. The summed E-state index contributed by atoms with van der Waals surface area (Å²) in [6.45, 7) is -1.44. The average molecular weight is 405 g/mol. The number of nitrogens with one attached hydrogen (secondary N) is 3. The fourth-order valence-corrected chi connectivity index (χ4v) is 1.93. The van der Waals surface area contributed by atoms with Crippen molar-refractivity contribution >= 4 is 35.6 Å². The number of aliphatic hydroxyl groups excluding tert-OH is 1. The summed E-state index contributed by atoms with van der Waals surface area (Å²) in [6.07, 6.45) is -1.59. The summed E-state index contributed by atoms with van der Waals surface area (Å²) in [7, 11) is 0. The molecule has 0 saturated heterocycles. The molecule has 3 atom stereocenters. The molecule has 0 fully saturated rings. The number of carbonyl (C=O) groups excluding carboxylic acids is 4. The van der Waals surface area contributed by atoms with Crippen LogP contribution in [0.15, 0.2) is 0 Å². The molecule has 0 rings (SSSR count). The lowest BCUT2D eigenvalue weighted by molar-refractivity contribution is -0.143. The molecular formula is C14H23N5O9. The molecule has 4 amide bonds. The molecule has 0 aliphatic rings. The van der Waals surface area contributed by atoms with E-state index >= 15 is 0 Å². The maximum atomic E-state index is 12.2. The molecule has 14 heteroatoms. The lowest BCUT2D eigenvalue weighted by atomic mass is 10.1. The fourth-order valence-electron chi connectivity index (χ4n) is 1.93. The summed E-state index contributed by atoms with van der Waals surface area (Å²) in [4.78, 5) is 68.3. The zero-order valence-corrected chi connectivity index (χ0v) is 14.7. The third kappa shape index (κ3) is 9.44. The van der Waals surface area contributed by atoms with Crippen LogP contribution in [0.4, 0.5) is 0 Å². The first-order valence-corrected chi connectivity index (χ1v) is 7.95. The first kappa shape index (κ1) is 24.7. The van der Waals surface area contributed by atoms with Crippen LogP contribution in [0.1, 0.15) is 19.3 Å². The summed E-state index contributed by atoms with van der Waals surface area (Å²) < 4.78 is 0. The predicted molar refractivity (Wildman–Crippen MR) is 90.2 cm³/mol. The van der Waals surface area contributed by atoms with Crippen LogP contribution in [0.25, 0.3) is 0 Å². The third-order valence-electron chi connectivity index (χ3n) is 3.32. The molecule has 0 radical (unpaired) electrons. The van der Waals surface area contributed by atoms with Crippen molar-refractivity contribution in [1.29, 1.82) is 0 Å². The van der Waals surface area contributed by atoms with E-state index in [9.17, 15) is 33.9 Å². The van der Waals surface area contributed by atoms with Gasteiger partial charge in [0.1, 0.15) is 18.1 Å². The molecule has 0 heterocycles. The molecule has 0 spiro atoms. The van der Waals surface area contributed by atoms with Crippen LogP contribution >= 0.6 is 0 Å². The predicted octanol–water partition coefficient (Wildman–Crippen LogP) is -4.78. The Morgan fingerprint density at radius 3 is 1.82 bits per heavy atom. The highest BCUT2D eigenvalue weighted by atomic mass is 16.4. The van der Waals surface area contributed by atoms with E-state index in [1.165, 1.54) is 0 Å². The number of carboxylic acids is 2. The Kier molecular flexibility index (Phi) is 10.8. The normalized spacial score (nSPS) is 13.5. The first-order valence-electron chi connectivity index (χ1n) is 7.95. The van der Waals surface area contributed by atoms with Crippen LogP contribution < -0.4 is 27.4 Å². The maximum Gasteiger partial charge on any atom is 0.326 e. The van der Waals surface area contributed by atoms with E-state index in [4.69, 9.17) is 21.7 Å². The second-order valence-corrected chi connectivity index (χ2v) is 5.57. The van der Waals surface area contributed by atoms with Gasteiger partial charge in [0.05, 0.1) is 19.6 Å². The number of amides is 4. The Balaban J connectivity index is 5.09. The summed E-state index contributed by atoms with van der Waals surface area (Å²) >= 11 is 0. The monoisotopic (exact) mass is 405 g/mol. The molecule has 0 aromatic rings. The van der Waals surface area contributed by atoms with Gasteiger partial charge in [-0.2, -0.15) is 0 Å². The minimum atomic E-state index is -1.63. The summed E-state index contributed by atoms with van der Waals surface area (Å²) in [6, 6.07) is -4.69. The number of carboxylic acid groups (broad SMARTS) is 2. The third-order valence-corrected chi connectivity index (χ3v) is 3.32. The fraction of sp³-hybridized carbons (Fsp3) is 0.571. The number of hydrogen-bond donors (Lipinski definition) is 8. The quantitative estimate of drug-likeness (QED) is 0.145. The minimum absolute atomic E-state index is 0.431. The second-order valence-electron chi connectivity index (χ2n) is 5.57. The van der Waals surface area contributed by atoms with E-state index in [0.29, 0.717) is 0 Å². The van der Waals surface area contributed by atoms with Gasteiger partial charge in [-0.05, 0) is 6.42 Å². The topological polar surface area (TPSA) is 251 Å². The molecular weight excluding hydrogens is 382 g/mol. The second kappa shape index (κ2) is 12.2. The number of primary amides is 1. The number of carbonyl (C=O) groups is 6. The SMILES string of the molecule is NCC(=O)NC(CC(N)=O)C(=O)NC(CO)C(=O)NC(CCC(=O)O)C(=O)O. The van der Waals surface area contributed by atoms with Crippen LogP contribution in [0.2, 0.25) is 0 Å². The lowest BCUT2D eigenvalue weighted by Crippen LogP contribution is -2.57. The Bertz CT molecular complexity index is 624. The molecule has 14 nitrogen and oxygen atoms in total. The zero-order valence-electron chi connectivity index (χ0n) is 14.7. The van der Waals surface area contributed by atoms with Crippen molar-refractivity contribution in [3.8, 4) is 0 Å². The number of nitrogens with two attached hydrogens (primary N) is 2. The van der Waals surface area contributed by atoms with Gasteiger partial charge >= 0.3 is 11.9 Å². The molecule has 28 heavy (non-hydrogen) atoms. The van der Waals surface area contributed by atoms with E-state index in [1.807, 2.05) is 10.6 Å². The van der Waals surface area contributed by atoms with Crippen molar-refractivity contribution in [3.05, 3.63) is 0 Å². The van der Waals surface area contributed by atoms with Gasteiger partial charge in [0, 0.05) is 6.42 Å². The molecule has 3 unspecified atom stereocenters. The van der Waals surface area contributed by atoms with Crippen molar-refractivity contribution in [1.82, 2.24) is 16.0 Å². The number of aliphatic carboxylic acids is 2. The molecule has 0 aromatic carbocycles. The van der Waals surface area contributed by atoms with E-state index in [0.717, 1.165) is 0 Å². The van der Waals surface area contributed by atoms with Gasteiger partial charge in [0.2, 0.25) is 23.6 Å². The highest BCUT2D eigenvalue weighted by molar-refractivity contribution is 5.95.